The molecule has 0 saturated heterocycles. The summed E-state index contributed by atoms with van der Waals surface area (Å²) in [5.41, 5.74) is 0. The molecule has 0 atom stereocenters. The van der Waals surface area contributed by atoms with Crippen LogP contribution >= 0.6 is 0 Å². The van der Waals surface area contributed by atoms with E-state index in [2.05, 4.69) is 24.2 Å². The predicted octanol–water partition coefficient (Wildman–Crippen LogP) is 2.64. The number of hydrogen-bond acceptors (Lipinski definition) is 2. The molecular formula is C14H28N2. The highest BCUT2D eigenvalue weighted by atomic mass is 15.2. The summed E-state index contributed by atoms with van der Waals surface area (Å²) in [6.07, 6.45) is 9.96. The largest absolute Gasteiger partial charge is 0.313 e. The van der Waals surface area contributed by atoms with Crippen LogP contribution < -0.4 is 5.32 Å². The molecule has 0 aliphatic heterocycles. The van der Waals surface area contributed by atoms with Crippen LogP contribution in [0.25, 0.3) is 0 Å². The molecule has 94 valence electrons. The van der Waals surface area contributed by atoms with E-state index in [-0.39, 0.29) is 0 Å². The van der Waals surface area contributed by atoms with Crippen molar-refractivity contribution in [2.75, 3.05) is 20.1 Å². The highest BCUT2D eigenvalue weighted by molar-refractivity contribution is 4.83. The minimum atomic E-state index is 0.815. The number of hydrogen-bond donors (Lipinski definition) is 1. The number of nitrogens with one attached hydrogen (secondary N) is 1. The molecule has 2 rings (SSSR count). The Balaban J connectivity index is 1.53. The molecule has 0 aromatic carbocycles. The molecule has 2 heteroatoms. The second-order valence-electron chi connectivity index (χ2n) is 5.79. The van der Waals surface area contributed by atoms with Crippen molar-refractivity contribution in [3.63, 3.8) is 0 Å². The topological polar surface area (TPSA) is 15.3 Å². The molecule has 0 bridgehead atoms. The zero-order valence-electron chi connectivity index (χ0n) is 11.0. The van der Waals surface area contributed by atoms with E-state index in [9.17, 15) is 0 Å². The van der Waals surface area contributed by atoms with E-state index >= 15 is 0 Å². The van der Waals surface area contributed by atoms with Crippen LogP contribution in [0, 0.1) is 5.92 Å². The van der Waals surface area contributed by atoms with Crippen molar-refractivity contribution in [1.82, 2.24) is 10.2 Å². The molecule has 0 spiro atoms. The molecule has 0 aromatic rings. The Morgan fingerprint density at radius 2 is 1.75 bits per heavy atom. The van der Waals surface area contributed by atoms with E-state index < -0.39 is 0 Å². The van der Waals surface area contributed by atoms with Gasteiger partial charge in [-0.25, -0.2) is 0 Å². The van der Waals surface area contributed by atoms with Gasteiger partial charge in [-0.2, -0.15) is 0 Å². The van der Waals surface area contributed by atoms with Crippen LogP contribution in [0.1, 0.15) is 51.9 Å². The molecule has 0 aromatic heterocycles. The van der Waals surface area contributed by atoms with Gasteiger partial charge >= 0.3 is 0 Å². The molecule has 0 heterocycles. The first kappa shape index (κ1) is 12.4. The first-order valence-corrected chi connectivity index (χ1v) is 7.23. The van der Waals surface area contributed by atoms with Crippen molar-refractivity contribution < 1.29 is 0 Å². The molecule has 1 N–H and O–H groups in total. The number of rotatable bonds is 6. The maximum Gasteiger partial charge on any atom is 0.0107 e. The van der Waals surface area contributed by atoms with Crippen molar-refractivity contribution in [1.29, 1.82) is 0 Å². The maximum atomic E-state index is 3.74. The highest BCUT2D eigenvalue weighted by Gasteiger charge is 2.25. The van der Waals surface area contributed by atoms with Crippen molar-refractivity contribution >= 4 is 0 Å². The first-order chi connectivity index (χ1) is 7.79. The molecule has 2 aliphatic rings. The summed E-state index contributed by atoms with van der Waals surface area (Å²) in [5, 5.41) is 3.74. The van der Waals surface area contributed by atoms with E-state index in [1.807, 2.05) is 0 Å². The van der Waals surface area contributed by atoms with Gasteiger partial charge in [0, 0.05) is 25.2 Å². The molecule has 2 fully saturated rings. The second kappa shape index (κ2) is 6.02. The molecule has 0 radical (unpaired) electrons. The lowest BCUT2D eigenvalue weighted by Crippen LogP contribution is -2.38. The van der Waals surface area contributed by atoms with Gasteiger partial charge in [-0.3, -0.25) is 0 Å². The van der Waals surface area contributed by atoms with Gasteiger partial charge < -0.3 is 10.2 Å². The molecule has 2 nitrogen and oxygen atoms in total. The molecule has 16 heavy (non-hydrogen) atoms. The predicted molar refractivity (Wildman–Crippen MR) is 69.7 cm³/mol. The SMILES string of the molecule is CCC1CCC(NCCN(C)C2CC2)CC1. The van der Waals surface area contributed by atoms with E-state index in [4.69, 9.17) is 0 Å². The maximum absolute atomic E-state index is 3.74. The minimum Gasteiger partial charge on any atom is -0.313 e. The van der Waals surface area contributed by atoms with Crippen molar-refractivity contribution in [2.24, 2.45) is 5.92 Å². The zero-order chi connectivity index (χ0) is 11.4. The van der Waals surface area contributed by atoms with Crippen LogP contribution in [0.3, 0.4) is 0 Å². The number of nitrogens with zero attached hydrogens (tertiary/aromatic N) is 1. The fourth-order valence-electron chi connectivity index (χ4n) is 2.92. The van der Waals surface area contributed by atoms with E-state index in [0.717, 1.165) is 18.0 Å². The molecular weight excluding hydrogens is 196 g/mol. The Hall–Kier alpha value is -0.0800. The quantitative estimate of drug-likeness (QED) is 0.746. The van der Waals surface area contributed by atoms with Crippen LogP contribution in [-0.4, -0.2) is 37.1 Å². The summed E-state index contributed by atoms with van der Waals surface area (Å²) >= 11 is 0. The Labute approximate surface area is 101 Å². The van der Waals surface area contributed by atoms with Gasteiger partial charge in [0.15, 0.2) is 0 Å². The Morgan fingerprint density at radius 3 is 2.31 bits per heavy atom. The van der Waals surface area contributed by atoms with E-state index in [1.165, 1.54) is 58.0 Å². The Kier molecular flexibility index (Phi) is 4.66. The van der Waals surface area contributed by atoms with Crippen LogP contribution in [0.2, 0.25) is 0 Å². The van der Waals surface area contributed by atoms with Gasteiger partial charge in [0.25, 0.3) is 0 Å². The van der Waals surface area contributed by atoms with Crippen LogP contribution in [0.5, 0.6) is 0 Å². The van der Waals surface area contributed by atoms with Crippen molar-refractivity contribution in [3.05, 3.63) is 0 Å². The summed E-state index contributed by atoms with van der Waals surface area (Å²) < 4.78 is 0. The van der Waals surface area contributed by atoms with Crippen LogP contribution in [0.15, 0.2) is 0 Å². The lowest BCUT2D eigenvalue weighted by molar-refractivity contribution is 0.266. The standard InChI is InChI=1S/C14H28N2/c1-3-12-4-6-13(7-5-12)15-10-11-16(2)14-8-9-14/h12-15H,3-11H2,1-2H3. The van der Waals surface area contributed by atoms with Crippen molar-refractivity contribution in [3.8, 4) is 0 Å². The number of likely N-dealkylation sites (N-methyl/N-ethyl adjacent to an activating group) is 1. The van der Waals surface area contributed by atoms with Gasteiger partial charge in [0.05, 0.1) is 0 Å². The van der Waals surface area contributed by atoms with Gasteiger partial charge in [-0.15, -0.1) is 0 Å². The lowest BCUT2D eigenvalue weighted by atomic mass is 9.84. The van der Waals surface area contributed by atoms with Crippen LogP contribution in [-0.2, 0) is 0 Å². The summed E-state index contributed by atoms with van der Waals surface area (Å²) in [6.45, 7) is 4.76. The summed E-state index contributed by atoms with van der Waals surface area (Å²) in [6, 6.07) is 1.73. The van der Waals surface area contributed by atoms with Crippen LogP contribution in [0.4, 0.5) is 0 Å². The third kappa shape index (κ3) is 3.74. The van der Waals surface area contributed by atoms with Gasteiger partial charge in [-0.05, 0) is 51.5 Å². The van der Waals surface area contributed by atoms with Gasteiger partial charge in [0.2, 0.25) is 0 Å². The molecule has 0 amide bonds. The smallest absolute Gasteiger partial charge is 0.0107 e. The first-order valence-electron chi connectivity index (χ1n) is 7.23. The van der Waals surface area contributed by atoms with E-state index in [1.54, 1.807) is 0 Å². The Morgan fingerprint density at radius 1 is 1.06 bits per heavy atom. The van der Waals surface area contributed by atoms with Gasteiger partial charge in [0.1, 0.15) is 0 Å². The second-order valence-corrected chi connectivity index (χ2v) is 5.79. The molecule has 2 saturated carbocycles. The third-order valence-corrected chi connectivity index (χ3v) is 4.49. The summed E-state index contributed by atoms with van der Waals surface area (Å²) in [5.74, 6) is 1.02. The van der Waals surface area contributed by atoms with Gasteiger partial charge in [-0.1, -0.05) is 13.3 Å². The summed E-state index contributed by atoms with van der Waals surface area (Å²) in [4.78, 5) is 2.52. The average molecular weight is 224 g/mol. The highest BCUT2D eigenvalue weighted by Crippen LogP contribution is 2.27. The fraction of sp³-hybridized carbons (Fsp3) is 1.00. The van der Waals surface area contributed by atoms with Crippen molar-refractivity contribution in [2.45, 2.75) is 64.0 Å². The molecule has 2 aliphatic carbocycles. The monoisotopic (exact) mass is 224 g/mol. The normalized spacial score (nSPS) is 30.9. The average Bonchev–Trinajstić information content (AvgIpc) is 3.14. The fourth-order valence-corrected chi connectivity index (χ4v) is 2.92. The Bertz CT molecular complexity index is 193. The summed E-state index contributed by atoms with van der Waals surface area (Å²) in [7, 11) is 2.27. The minimum absolute atomic E-state index is 0.815. The van der Waals surface area contributed by atoms with E-state index in [0.29, 0.717) is 0 Å². The third-order valence-electron chi connectivity index (χ3n) is 4.49. The zero-order valence-corrected chi connectivity index (χ0v) is 11.0. The lowest BCUT2D eigenvalue weighted by Gasteiger charge is -2.29. The molecule has 0 unspecified atom stereocenters.